The second kappa shape index (κ2) is 27.0. The molecule has 0 saturated carbocycles. The van der Waals surface area contributed by atoms with Crippen molar-refractivity contribution in [3.05, 3.63) is 325 Å². The Kier molecular flexibility index (Phi) is 15.9. The fraction of sp³-hybridized carbons (Fsp3) is 0.0222. The molecule has 4 aliphatic heterocycles. The summed E-state index contributed by atoms with van der Waals surface area (Å²) in [5.41, 5.74) is 31.0. The number of benzene rings is 3. The maximum Gasteiger partial charge on any atom is 0.119 e. The Morgan fingerprint density at radius 2 is 0.358 bits per heavy atom. The number of fused-ring (bicyclic) bond motifs is 16. The molecule has 0 amide bonds. The van der Waals surface area contributed by atoms with Crippen molar-refractivity contribution in [2.24, 2.45) is 0 Å². The molecule has 0 aliphatic carbocycles. The number of hydrogen-bond donors (Lipinski definition) is 4. The summed E-state index contributed by atoms with van der Waals surface area (Å²) in [6.45, 7) is 0.732. The van der Waals surface area contributed by atoms with Crippen LogP contribution >= 0.6 is 0 Å². The monoisotopic (exact) mass is 1370 g/mol. The third kappa shape index (κ3) is 12.0. The molecule has 12 aromatic heterocycles. The number of nitrogens with zero attached hydrogens (tertiary/aromatic N) is 10. The molecule has 106 heavy (non-hydrogen) atoms. The Morgan fingerprint density at radius 3 is 0.538 bits per heavy atom. The minimum absolute atomic E-state index is 0.366. The van der Waals surface area contributed by atoms with Crippen molar-refractivity contribution in [2.45, 2.75) is 13.2 Å². The SMILES string of the molecule is C1=Cc2nc1c(-c1ccncc1)c1ccc([nH]1)c(-c1ccncc1)c1nc(c(-c3ccc(OCc4ccc(COc5ccc(-c6c7nc(c(-c8ccncc8)c8ccc([nH]8)c(-c8ccncc8)c8nc(c(-c9ccncc9)c9ccc6[nH]9)C=C8)C=C7)cc5)cc4)cc3)c3ccc([nH]3)c2-c2ccncc2)C=C1. The third-order valence-corrected chi connectivity index (χ3v) is 19.4. The first-order chi connectivity index (χ1) is 52.5. The van der Waals surface area contributed by atoms with Crippen molar-refractivity contribution in [2.75, 3.05) is 0 Å². The fourth-order valence-corrected chi connectivity index (χ4v) is 14.5. The lowest BCUT2D eigenvalue weighted by atomic mass is 10.0. The van der Waals surface area contributed by atoms with Crippen LogP contribution in [-0.2, 0) is 13.2 Å². The van der Waals surface area contributed by atoms with E-state index in [1.165, 1.54) is 0 Å². The minimum atomic E-state index is 0.366. The Bertz CT molecular complexity index is 5930. The van der Waals surface area contributed by atoms with E-state index in [1.54, 1.807) is 0 Å². The highest BCUT2D eigenvalue weighted by Gasteiger charge is 2.23. The Morgan fingerprint density at radius 1 is 0.189 bits per heavy atom. The molecule has 0 saturated heterocycles. The van der Waals surface area contributed by atoms with E-state index in [2.05, 4.69) is 196 Å². The first-order valence-electron chi connectivity index (χ1n) is 34.8. The lowest BCUT2D eigenvalue weighted by Gasteiger charge is -2.11. The first-order valence-corrected chi connectivity index (χ1v) is 34.8. The van der Waals surface area contributed by atoms with Crippen LogP contribution in [0, 0.1) is 0 Å². The van der Waals surface area contributed by atoms with Gasteiger partial charge in [-0.3, -0.25) is 29.9 Å². The molecule has 19 rings (SSSR count). The number of rotatable bonds is 14. The summed E-state index contributed by atoms with van der Waals surface area (Å²) in [6.07, 6.45) is 38.5. The van der Waals surface area contributed by atoms with Gasteiger partial charge in [-0.15, -0.1) is 0 Å². The molecular formula is C90H60N14O2. The van der Waals surface area contributed by atoms with Gasteiger partial charge in [0.05, 0.1) is 45.6 Å². The summed E-state index contributed by atoms with van der Waals surface area (Å²) in [4.78, 5) is 63.3. The number of ether oxygens (including phenoxy) is 2. The number of aromatic nitrogens is 14. The van der Waals surface area contributed by atoms with Gasteiger partial charge in [-0.05, 0) is 250 Å². The summed E-state index contributed by atoms with van der Waals surface area (Å²) < 4.78 is 13.0. The minimum Gasteiger partial charge on any atom is -0.489 e. The Labute approximate surface area is 607 Å². The van der Waals surface area contributed by atoms with Crippen LogP contribution in [-0.4, -0.2) is 69.8 Å². The topological polar surface area (TPSA) is 211 Å². The summed E-state index contributed by atoms with van der Waals surface area (Å²) in [6, 6.07) is 66.1. The maximum absolute atomic E-state index is 6.51. The van der Waals surface area contributed by atoms with E-state index < -0.39 is 0 Å². The van der Waals surface area contributed by atoms with Gasteiger partial charge in [0.15, 0.2) is 0 Å². The van der Waals surface area contributed by atoms with Crippen LogP contribution < -0.4 is 9.47 Å². The Balaban J connectivity index is 0.617. The molecule has 4 N–H and O–H groups in total. The fourth-order valence-electron chi connectivity index (χ4n) is 14.5. The number of H-pyrrole nitrogens is 4. The van der Waals surface area contributed by atoms with E-state index in [9.17, 15) is 0 Å². The van der Waals surface area contributed by atoms with Crippen LogP contribution in [0.1, 0.15) is 56.7 Å². The number of hydrogen-bond acceptors (Lipinski definition) is 12. The maximum atomic E-state index is 6.51. The molecule has 15 aromatic rings. The van der Waals surface area contributed by atoms with Crippen molar-refractivity contribution in [3.8, 4) is 101 Å². The van der Waals surface area contributed by atoms with Crippen LogP contribution in [0.2, 0.25) is 0 Å². The van der Waals surface area contributed by atoms with Gasteiger partial charge in [0.25, 0.3) is 0 Å². The van der Waals surface area contributed by atoms with Crippen LogP contribution in [0.15, 0.2) is 268 Å². The summed E-state index contributed by atoms with van der Waals surface area (Å²) in [5, 5.41) is 0. The highest BCUT2D eigenvalue weighted by molar-refractivity contribution is 6.03. The average molecular weight is 1370 g/mol. The van der Waals surface area contributed by atoms with E-state index in [1.807, 2.05) is 171 Å². The van der Waals surface area contributed by atoms with Crippen LogP contribution in [0.25, 0.3) is 182 Å². The summed E-state index contributed by atoms with van der Waals surface area (Å²) >= 11 is 0. The molecule has 3 aromatic carbocycles. The predicted octanol–water partition coefficient (Wildman–Crippen LogP) is 20.5. The molecule has 4 aliphatic rings. The number of aromatic amines is 4. The van der Waals surface area contributed by atoms with E-state index in [-0.39, 0.29) is 0 Å². The van der Waals surface area contributed by atoms with Crippen molar-refractivity contribution < 1.29 is 9.47 Å². The smallest absolute Gasteiger partial charge is 0.119 e. The standard InChI is InChI=1S/C90H60N14O2/c1-2-56(54-106-66-11-7-58(8-12-66)84-69-15-19-73(99-69)87(61-33-45-93-46-34-61)77-23-27-81(103-77)90(64-39-51-96-52-40-64)82-28-24-78(104-82)88(62-35-47-94-48-36-62)74-20-16-70(84)100-74)4-3-55(1)53-105-65-9-5-57(6-10-65)83-67-13-17-71(97-67)85(59-29-41-91-42-30-59)75-21-25-79(101-75)89(63-37-49-95-50-38-63)80-26-22-76(102-80)86(60-31-43-92-44-32-60)72-18-14-68(83)98-72/h1-52,97,99,102,104H,53-54H2. The van der Waals surface area contributed by atoms with Gasteiger partial charge in [0.1, 0.15) is 24.7 Å². The van der Waals surface area contributed by atoms with E-state index >= 15 is 0 Å². The van der Waals surface area contributed by atoms with Crippen molar-refractivity contribution in [1.82, 2.24) is 69.8 Å². The molecule has 502 valence electrons. The van der Waals surface area contributed by atoms with Crippen molar-refractivity contribution >= 4 is 92.7 Å². The molecule has 16 nitrogen and oxygen atoms in total. The van der Waals surface area contributed by atoms with Crippen LogP contribution in [0.3, 0.4) is 0 Å². The van der Waals surface area contributed by atoms with Crippen LogP contribution in [0.4, 0.5) is 0 Å². The second-order valence-electron chi connectivity index (χ2n) is 25.9. The quantitative estimate of drug-likeness (QED) is 0.0801. The molecule has 0 unspecified atom stereocenters. The lowest BCUT2D eigenvalue weighted by Crippen LogP contribution is -1.98. The second-order valence-corrected chi connectivity index (χ2v) is 25.9. The largest absolute Gasteiger partial charge is 0.489 e. The summed E-state index contributed by atoms with van der Waals surface area (Å²) in [7, 11) is 0. The third-order valence-electron chi connectivity index (χ3n) is 19.4. The molecule has 0 radical (unpaired) electrons. The van der Waals surface area contributed by atoms with Gasteiger partial charge in [0, 0.05) is 163 Å². The average Bonchev–Trinajstić information content (AvgIpc) is 1.62. The molecular weight excluding hydrogens is 1310 g/mol. The van der Waals surface area contributed by atoms with E-state index in [0.29, 0.717) is 13.2 Å². The van der Waals surface area contributed by atoms with Gasteiger partial charge in [-0.25, -0.2) is 19.9 Å². The van der Waals surface area contributed by atoms with Gasteiger partial charge >= 0.3 is 0 Å². The zero-order valence-corrected chi connectivity index (χ0v) is 56.7. The zero-order valence-electron chi connectivity index (χ0n) is 56.7. The zero-order chi connectivity index (χ0) is 70.3. The number of pyridine rings is 6. The Hall–Kier alpha value is -14.6. The van der Waals surface area contributed by atoms with Crippen LogP contribution in [0.5, 0.6) is 11.5 Å². The van der Waals surface area contributed by atoms with Gasteiger partial charge < -0.3 is 29.4 Å². The summed E-state index contributed by atoms with van der Waals surface area (Å²) in [5.74, 6) is 1.46. The van der Waals surface area contributed by atoms with E-state index in [4.69, 9.17) is 29.4 Å². The molecule has 16 heterocycles. The van der Waals surface area contributed by atoms with E-state index in [0.717, 1.165) is 201 Å². The molecule has 16 bridgehead atoms. The number of nitrogens with one attached hydrogen (secondary N) is 4. The van der Waals surface area contributed by atoms with Gasteiger partial charge in [-0.2, -0.15) is 0 Å². The highest BCUT2D eigenvalue weighted by Crippen LogP contribution is 2.42. The lowest BCUT2D eigenvalue weighted by molar-refractivity contribution is 0.302. The molecule has 0 fully saturated rings. The molecule has 0 atom stereocenters. The van der Waals surface area contributed by atoms with Crippen molar-refractivity contribution in [3.63, 3.8) is 0 Å². The normalized spacial score (nSPS) is 12.1. The predicted molar refractivity (Wildman–Crippen MR) is 423 cm³/mol. The highest BCUT2D eigenvalue weighted by atomic mass is 16.5. The van der Waals surface area contributed by atoms with Gasteiger partial charge in [0.2, 0.25) is 0 Å². The first kappa shape index (κ1) is 62.4. The van der Waals surface area contributed by atoms with Gasteiger partial charge in [-0.1, -0.05) is 48.5 Å². The molecule has 0 spiro atoms. The van der Waals surface area contributed by atoms with Crippen molar-refractivity contribution in [1.29, 1.82) is 0 Å². The molecule has 16 heteroatoms.